The molecule has 0 aliphatic carbocycles. The number of carbonyl (C=O) groups excluding carboxylic acids is 1. The Kier molecular flexibility index (Phi) is 10.6. The van der Waals surface area contributed by atoms with Crippen molar-refractivity contribution in [1.82, 2.24) is 24.8 Å². The maximum atomic E-state index is 14.1. The Morgan fingerprint density at radius 1 is 1.00 bits per heavy atom. The molecule has 1 aliphatic rings. The highest BCUT2D eigenvalue weighted by molar-refractivity contribution is 6.42. The van der Waals surface area contributed by atoms with E-state index in [0.717, 1.165) is 72.6 Å². The Bertz CT molecular complexity index is 1880. The van der Waals surface area contributed by atoms with E-state index in [2.05, 4.69) is 78.2 Å². The van der Waals surface area contributed by atoms with Crippen LogP contribution in [-0.2, 0) is 11.8 Å². The number of nitrogens with one attached hydrogen (secondary N) is 2. The number of H-pyrrole nitrogens is 1. The lowest BCUT2D eigenvalue weighted by Gasteiger charge is -2.45. The van der Waals surface area contributed by atoms with Crippen molar-refractivity contribution in [2.75, 3.05) is 25.5 Å². The van der Waals surface area contributed by atoms with Crippen molar-refractivity contribution in [1.29, 1.82) is 0 Å². The van der Waals surface area contributed by atoms with E-state index >= 15 is 0 Å². The number of piperidine rings is 1. The van der Waals surface area contributed by atoms with Crippen LogP contribution in [0.5, 0.6) is 0 Å². The quantitative estimate of drug-likeness (QED) is 0.152. The maximum Gasteiger partial charge on any atom is 0.254 e. The third kappa shape index (κ3) is 7.95. The number of para-hydroxylation sites is 1. The van der Waals surface area contributed by atoms with Gasteiger partial charge in [0.05, 0.1) is 27.2 Å². The summed E-state index contributed by atoms with van der Waals surface area (Å²) in [4.78, 5) is 31.5. The summed E-state index contributed by atoms with van der Waals surface area (Å²) in [5.74, 6) is 0.828. The van der Waals surface area contributed by atoms with E-state index in [4.69, 9.17) is 28.2 Å². The smallest absolute Gasteiger partial charge is 0.254 e. The molecule has 2 unspecified atom stereocenters. The highest BCUT2D eigenvalue weighted by Crippen LogP contribution is 2.35. The molecule has 49 heavy (non-hydrogen) atoms. The second-order valence-corrected chi connectivity index (χ2v) is 15.0. The van der Waals surface area contributed by atoms with Crippen LogP contribution in [0.2, 0.25) is 10.0 Å². The average Bonchev–Trinajstić information content (AvgIpc) is 3.52. The number of likely N-dealkylation sites (tertiary alicyclic amines) is 1. The van der Waals surface area contributed by atoms with Crippen molar-refractivity contribution in [3.8, 4) is 0 Å². The molecule has 6 rings (SSSR count). The Balaban J connectivity index is 1.20. The fourth-order valence-corrected chi connectivity index (χ4v) is 7.38. The molecule has 256 valence electrons. The summed E-state index contributed by atoms with van der Waals surface area (Å²) in [6.45, 7) is 10.4. The Labute approximate surface area is 300 Å². The topological polar surface area (TPSA) is 77.2 Å². The van der Waals surface area contributed by atoms with Crippen LogP contribution in [0.1, 0.15) is 85.6 Å². The lowest BCUT2D eigenvalue weighted by Crippen LogP contribution is -2.55. The van der Waals surface area contributed by atoms with Gasteiger partial charge in [0.25, 0.3) is 5.91 Å². The first-order valence-corrected chi connectivity index (χ1v) is 18.0. The molecule has 3 heterocycles. The summed E-state index contributed by atoms with van der Waals surface area (Å²) in [5.41, 5.74) is 7.13. The molecular formula is C40H46Cl2N6O. The molecule has 2 aromatic heterocycles. The van der Waals surface area contributed by atoms with Crippen LogP contribution in [0.4, 0.5) is 5.95 Å². The lowest BCUT2D eigenvalue weighted by molar-refractivity contribution is 0.0201. The summed E-state index contributed by atoms with van der Waals surface area (Å²) >= 11 is 12.8. The normalized spacial score (nSPS) is 15.7. The number of anilines is 1. The van der Waals surface area contributed by atoms with Crippen molar-refractivity contribution in [2.24, 2.45) is 0 Å². The number of pyridine rings is 1. The van der Waals surface area contributed by atoms with Crippen LogP contribution in [-0.4, -0.2) is 63.0 Å². The minimum absolute atomic E-state index is 0.00741. The number of rotatable bonds is 10. The molecule has 2 N–H and O–H groups in total. The third-order valence-electron chi connectivity index (χ3n) is 9.83. The Morgan fingerprint density at radius 2 is 1.76 bits per heavy atom. The number of benzene rings is 3. The zero-order valence-corrected chi connectivity index (χ0v) is 30.5. The van der Waals surface area contributed by atoms with Gasteiger partial charge in [-0.25, -0.2) is 4.98 Å². The van der Waals surface area contributed by atoms with Gasteiger partial charge < -0.3 is 15.2 Å². The first-order valence-electron chi connectivity index (χ1n) is 17.2. The largest absolute Gasteiger partial charge is 0.353 e. The van der Waals surface area contributed by atoms with Gasteiger partial charge in [0.1, 0.15) is 0 Å². The van der Waals surface area contributed by atoms with E-state index in [1.807, 2.05) is 66.7 Å². The number of aromatic nitrogens is 3. The van der Waals surface area contributed by atoms with Crippen molar-refractivity contribution >= 4 is 46.1 Å². The molecule has 0 spiro atoms. The van der Waals surface area contributed by atoms with Crippen LogP contribution in [0.15, 0.2) is 85.1 Å². The van der Waals surface area contributed by atoms with Gasteiger partial charge in [0, 0.05) is 56.0 Å². The number of aromatic amines is 1. The van der Waals surface area contributed by atoms with Gasteiger partial charge >= 0.3 is 0 Å². The van der Waals surface area contributed by atoms with Crippen molar-refractivity contribution in [3.63, 3.8) is 0 Å². The predicted octanol–water partition coefficient (Wildman–Crippen LogP) is 9.32. The summed E-state index contributed by atoms with van der Waals surface area (Å²) in [6.07, 6.45) is 5.05. The molecule has 1 saturated heterocycles. The average molecular weight is 698 g/mol. The number of imidazole rings is 1. The second-order valence-electron chi connectivity index (χ2n) is 14.2. The molecular weight excluding hydrogens is 651 g/mol. The van der Waals surface area contributed by atoms with Crippen LogP contribution < -0.4 is 5.32 Å². The van der Waals surface area contributed by atoms with E-state index in [0.29, 0.717) is 15.6 Å². The van der Waals surface area contributed by atoms with Gasteiger partial charge in [-0.15, -0.1) is 0 Å². The van der Waals surface area contributed by atoms with E-state index < -0.39 is 0 Å². The lowest BCUT2D eigenvalue weighted by atomic mass is 9.86. The number of nitrogens with zero attached hydrogens (tertiary/aromatic N) is 4. The molecule has 9 heteroatoms. The Morgan fingerprint density at radius 3 is 2.41 bits per heavy atom. The molecule has 5 aromatic rings. The summed E-state index contributed by atoms with van der Waals surface area (Å²) in [5, 5.41) is 4.74. The fraction of sp³-hybridized carbons (Fsp3) is 0.375. The van der Waals surface area contributed by atoms with E-state index in [-0.39, 0.29) is 29.4 Å². The van der Waals surface area contributed by atoms with Gasteiger partial charge in [0.15, 0.2) is 0 Å². The van der Waals surface area contributed by atoms with Crippen LogP contribution >= 0.6 is 23.2 Å². The highest BCUT2D eigenvalue weighted by atomic mass is 35.5. The molecule has 2 atom stereocenters. The zero-order valence-electron chi connectivity index (χ0n) is 29.0. The number of likely N-dealkylation sites (N-methyl/N-ethyl adjacent to an activating group) is 1. The summed E-state index contributed by atoms with van der Waals surface area (Å²) in [7, 11) is 1.94. The molecule has 7 nitrogen and oxygen atoms in total. The maximum absolute atomic E-state index is 14.1. The number of hydrogen-bond donors (Lipinski definition) is 2. The summed E-state index contributed by atoms with van der Waals surface area (Å²) < 4.78 is 0. The predicted molar refractivity (Wildman–Crippen MR) is 202 cm³/mol. The number of hydrogen-bond acceptors (Lipinski definition) is 5. The monoisotopic (exact) mass is 696 g/mol. The Hall–Kier alpha value is -3.91. The van der Waals surface area contributed by atoms with Crippen LogP contribution in [0, 0.1) is 0 Å². The highest BCUT2D eigenvalue weighted by Gasteiger charge is 2.36. The molecule has 0 radical (unpaired) electrons. The first kappa shape index (κ1) is 34.9. The van der Waals surface area contributed by atoms with E-state index in [9.17, 15) is 4.79 Å². The fourth-order valence-electron chi connectivity index (χ4n) is 7.07. The molecule has 0 saturated carbocycles. The molecule has 1 amide bonds. The molecule has 1 fully saturated rings. The van der Waals surface area contributed by atoms with Crippen LogP contribution in [0.25, 0.3) is 11.0 Å². The second kappa shape index (κ2) is 14.9. The number of amides is 1. The standard InChI is InChI=1S/C40H46Cl2N6O/c1-6-32(27-15-18-33(41)34(42)25-27)37(47(5)38(49)26-13-16-29(17-14-26)40(2,3)4)48-22-19-30(20-23-48)44-39-45-35-12-9-10-28(36(35)46-39)24-31-11-7-8-21-43-31/h7-18,21,25,30,32,37H,6,19-20,22-24H2,1-5H3,(H2,44,45,46). The SMILES string of the molecule is CCC(c1ccc(Cl)c(Cl)c1)C(N1CCC(Nc2nc3c(Cc4ccccn4)cccc3[nH]2)CC1)N(C)C(=O)c1ccc(C(C)(C)C)cc1. The molecule has 0 bridgehead atoms. The van der Waals surface area contributed by atoms with E-state index in [1.165, 1.54) is 5.56 Å². The van der Waals surface area contributed by atoms with E-state index in [1.54, 1.807) is 0 Å². The van der Waals surface area contributed by atoms with Crippen molar-refractivity contribution < 1.29 is 4.79 Å². The number of halogens is 2. The minimum Gasteiger partial charge on any atom is -0.353 e. The third-order valence-corrected chi connectivity index (χ3v) is 10.6. The van der Waals surface area contributed by atoms with Gasteiger partial charge in [-0.05, 0) is 83.8 Å². The number of carbonyl (C=O) groups is 1. The van der Waals surface area contributed by atoms with Crippen molar-refractivity contribution in [3.05, 3.63) is 123 Å². The van der Waals surface area contributed by atoms with Gasteiger partial charge in [-0.3, -0.25) is 14.7 Å². The van der Waals surface area contributed by atoms with Crippen LogP contribution in [0.3, 0.4) is 0 Å². The molecule has 1 aliphatic heterocycles. The number of fused-ring (bicyclic) bond motifs is 1. The molecule has 3 aromatic carbocycles. The van der Waals surface area contributed by atoms with Gasteiger partial charge in [-0.2, -0.15) is 0 Å². The van der Waals surface area contributed by atoms with Crippen molar-refractivity contribution in [2.45, 2.75) is 76.9 Å². The minimum atomic E-state index is -0.168. The first-order chi connectivity index (χ1) is 23.5. The summed E-state index contributed by atoms with van der Waals surface area (Å²) in [6, 6.07) is 26.4. The van der Waals surface area contributed by atoms with Gasteiger partial charge in [0.2, 0.25) is 5.95 Å². The van der Waals surface area contributed by atoms with Gasteiger partial charge in [-0.1, -0.05) is 87.3 Å². The zero-order chi connectivity index (χ0) is 34.7.